The zero-order valence-electron chi connectivity index (χ0n) is 18.3. The molecule has 2 N–H and O–H groups in total. The van der Waals surface area contributed by atoms with E-state index in [1.165, 1.54) is 6.92 Å². The van der Waals surface area contributed by atoms with E-state index in [1.807, 2.05) is 47.0 Å². The number of hydrogen-bond acceptors (Lipinski definition) is 5. The number of para-hydroxylation sites is 2. The molecule has 0 radical (unpaired) electrons. The average molecular weight is 444 g/mol. The second-order valence-corrected chi connectivity index (χ2v) is 7.72. The summed E-state index contributed by atoms with van der Waals surface area (Å²) in [4.78, 5) is 28.7. The Balaban J connectivity index is 1.46. The van der Waals surface area contributed by atoms with Crippen LogP contribution in [0.25, 0.3) is 11.0 Å². The maximum atomic E-state index is 12.5. The van der Waals surface area contributed by atoms with Crippen molar-refractivity contribution in [2.24, 2.45) is 0 Å². The molecule has 0 bridgehead atoms. The number of fused-ring (bicyclic) bond motifs is 1. The van der Waals surface area contributed by atoms with Crippen molar-refractivity contribution in [3.05, 3.63) is 95.8 Å². The van der Waals surface area contributed by atoms with Crippen LogP contribution in [0, 0.1) is 0 Å². The molecule has 0 spiro atoms. The molecule has 4 aromatic rings. The maximum absolute atomic E-state index is 12.5. The summed E-state index contributed by atoms with van der Waals surface area (Å²) in [6.45, 7) is 2.00. The number of imidazole rings is 1. The van der Waals surface area contributed by atoms with Crippen molar-refractivity contribution in [1.29, 1.82) is 0 Å². The lowest BCUT2D eigenvalue weighted by atomic mass is 10.1. The fourth-order valence-corrected chi connectivity index (χ4v) is 3.58. The second-order valence-electron chi connectivity index (χ2n) is 7.72. The molecule has 0 aliphatic heterocycles. The van der Waals surface area contributed by atoms with Gasteiger partial charge >= 0.3 is 0 Å². The number of carbonyl (C=O) groups excluding carboxylic acids is 2. The van der Waals surface area contributed by atoms with E-state index in [1.54, 1.807) is 36.4 Å². The molecule has 33 heavy (non-hydrogen) atoms. The van der Waals surface area contributed by atoms with Crippen LogP contribution in [0.2, 0.25) is 0 Å². The number of nitrogens with one attached hydrogen (secondary N) is 1. The van der Waals surface area contributed by atoms with E-state index in [4.69, 9.17) is 4.74 Å². The Morgan fingerprint density at radius 1 is 1.00 bits per heavy atom. The second kappa shape index (κ2) is 10.1. The Labute approximate surface area is 191 Å². The highest BCUT2D eigenvalue weighted by atomic mass is 16.5. The van der Waals surface area contributed by atoms with Gasteiger partial charge in [-0.2, -0.15) is 0 Å². The average Bonchev–Trinajstić information content (AvgIpc) is 3.19. The van der Waals surface area contributed by atoms with E-state index < -0.39 is 6.10 Å². The van der Waals surface area contributed by atoms with Gasteiger partial charge in [0, 0.05) is 11.1 Å². The third kappa shape index (κ3) is 5.45. The summed E-state index contributed by atoms with van der Waals surface area (Å²) in [5.74, 6) is 0.919. The summed E-state index contributed by atoms with van der Waals surface area (Å²) < 4.78 is 7.60. The van der Waals surface area contributed by atoms with Gasteiger partial charge in [-0.3, -0.25) is 9.59 Å². The molecule has 1 unspecified atom stereocenters. The van der Waals surface area contributed by atoms with Crippen molar-refractivity contribution in [3.63, 3.8) is 0 Å². The molecule has 0 fully saturated rings. The first-order chi connectivity index (χ1) is 16.0. The smallest absolute Gasteiger partial charge is 0.251 e. The molecule has 1 aromatic heterocycles. The summed E-state index contributed by atoms with van der Waals surface area (Å²) in [6.07, 6.45) is -0.827. The van der Waals surface area contributed by atoms with Crippen molar-refractivity contribution in [2.75, 3.05) is 6.61 Å². The lowest BCUT2D eigenvalue weighted by Crippen LogP contribution is -2.28. The van der Waals surface area contributed by atoms with Gasteiger partial charge in [-0.1, -0.05) is 42.5 Å². The number of benzene rings is 3. The molecule has 1 heterocycles. The van der Waals surface area contributed by atoms with Crippen LogP contribution in [0.5, 0.6) is 5.75 Å². The molecule has 0 aliphatic rings. The first-order valence-corrected chi connectivity index (χ1v) is 10.7. The van der Waals surface area contributed by atoms with Crippen LogP contribution in [0.15, 0.2) is 78.9 Å². The third-order valence-corrected chi connectivity index (χ3v) is 5.25. The number of ether oxygens (including phenoxy) is 1. The Hall–Kier alpha value is -3.97. The number of Topliss-reactive ketones (excluding diaryl/α,β-unsaturated/α-hetero) is 1. The molecule has 1 atom stereocenters. The highest BCUT2D eigenvalue weighted by Gasteiger charge is 2.16. The minimum Gasteiger partial charge on any atom is -0.491 e. The Morgan fingerprint density at radius 3 is 2.52 bits per heavy atom. The zero-order valence-corrected chi connectivity index (χ0v) is 18.3. The van der Waals surface area contributed by atoms with Crippen molar-refractivity contribution in [1.82, 2.24) is 14.9 Å². The van der Waals surface area contributed by atoms with Gasteiger partial charge < -0.3 is 19.7 Å². The van der Waals surface area contributed by atoms with Crippen LogP contribution in [0.1, 0.15) is 33.5 Å². The van der Waals surface area contributed by atoms with Crippen molar-refractivity contribution in [2.45, 2.75) is 26.1 Å². The van der Waals surface area contributed by atoms with Crippen molar-refractivity contribution < 1.29 is 19.4 Å². The van der Waals surface area contributed by atoms with Gasteiger partial charge in [-0.25, -0.2) is 4.98 Å². The van der Waals surface area contributed by atoms with Gasteiger partial charge in [0.25, 0.3) is 5.91 Å². The molecular formula is C26H25N3O4. The summed E-state index contributed by atoms with van der Waals surface area (Å²) in [7, 11) is 0. The molecule has 1 amide bonds. The number of amides is 1. The lowest BCUT2D eigenvalue weighted by Gasteiger charge is -2.16. The summed E-state index contributed by atoms with van der Waals surface area (Å²) in [5.41, 5.74) is 2.77. The minimum absolute atomic E-state index is 0.0453. The van der Waals surface area contributed by atoms with Crippen LogP contribution < -0.4 is 10.1 Å². The van der Waals surface area contributed by atoms with Gasteiger partial charge in [0.2, 0.25) is 0 Å². The van der Waals surface area contributed by atoms with Gasteiger partial charge in [-0.05, 0) is 43.3 Å². The SMILES string of the molecule is CC(=O)c1cccc(OCC(O)Cn2c(CNC(=O)c3ccccc3)nc3ccccc32)c1. The van der Waals surface area contributed by atoms with E-state index in [2.05, 4.69) is 10.3 Å². The molecule has 0 saturated heterocycles. The van der Waals surface area contributed by atoms with Gasteiger partial charge in [0.15, 0.2) is 5.78 Å². The molecule has 7 nitrogen and oxygen atoms in total. The van der Waals surface area contributed by atoms with E-state index >= 15 is 0 Å². The van der Waals surface area contributed by atoms with Gasteiger partial charge in [0.1, 0.15) is 24.3 Å². The lowest BCUT2D eigenvalue weighted by molar-refractivity contribution is 0.0916. The fraction of sp³-hybridized carbons (Fsp3) is 0.192. The van der Waals surface area contributed by atoms with Gasteiger partial charge in [-0.15, -0.1) is 0 Å². The zero-order chi connectivity index (χ0) is 23.2. The Morgan fingerprint density at radius 2 is 1.73 bits per heavy atom. The van der Waals surface area contributed by atoms with E-state index in [-0.39, 0.29) is 31.4 Å². The molecule has 0 aliphatic carbocycles. The summed E-state index contributed by atoms with van der Waals surface area (Å²) >= 11 is 0. The number of nitrogens with zero attached hydrogens (tertiary/aromatic N) is 2. The monoisotopic (exact) mass is 443 g/mol. The van der Waals surface area contributed by atoms with Crippen molar-refractivity contribution >= 4 is 22.7 Å². The number of aliphatic hydroxyl groups is 1. The quantitative estimate of drug-likeness (QED) is 0.386. The summed E-state index contributed by atoms with van der Waals surface area (Å²) in [5, 5.41) is 13.6. The number of aromatic nitrogens is 2. The topological polar surface area (TPSA) is 93.5 Å². The third-order valence-electron chi connectivity index (χ3n) is 5.25. The van der Waals surface area contributed by atoms with Crippen molar-refractivity contribution in [3.8, 4) is 5.75 Å². The number of hydrogen-bond donors (Lipinski definition) is 2. The standard InChI is InChI=1S/C26H25N3O4/c1-18(30)20-10-7-11-22(14-20)33-17-21(31)16-29-24-13-6-5-12-23(24)28-25(29)15-27-26(32)19-8-3-2-4-9-19/h2-14,21,31H,15-17H2,1H3,(H,27,32). The molecule has 7 heteroatoms. The Kier molecular flexibility index (Phi) is 6.80. The Bertz CT molecular complexity index is 1270. The molecule has 168 valence electrons. The number of ketones is 1. The predicted octanol–water partition coefficient (Wildman–Crippen LogP) is 3.61. The van der Waals surface area contributed by atoms with E-state index in [0.29, 0.717) is 22.7 Å². The van der Waals surface area contributed by atoms with E-state index in [0.717, 1.165) is 11.0 Å². The first kappa shape index (κ1) is 22.2. The molecule has 4 rings (SSSR count). The fourth-order valence-electron chi connectivity index (χ4n) is 3.58. The molecule has 0 saturated carbocycles. The molecule has 3 aromatic carbocycles. The minimum atomic E-state index is -0.827. The number of rotatable bonds is 9. The molecular weight excluding hydrogens is 418 g/mol. The number of carbonyl (C=O) groups is 2. The predicted molar refractivity (Wildman–Crippen MR) is 125 cm³/mol. The highest BCUT2D eigenvalue weighted by Crippen LogP contribution is 2.18. The van der Waals surface area contributed by atoms with Crippen LogP contribution >= 0.6 is 0 Å². The highest BCUT2D eigenvalue weighted by molar-refractivity contribution is 5.94. The van der Waals surface area contributed by atoms with Crippen LogP contribution in [-0.2, 0) is 13.1 Å². The van der Waals surface area contributed by atoms with Crippen LogP contribution in [0.4, 0.5) is 0 Å². The first-order valence-electron chi connectivity index (χ1n) is 10.7. The largest absolute Gasteiger partial charge is 0.491 e. The maximum Gasteiger partial charge on any atom is 0.251 e. The van der Waals surface area contributed by atoms with E-state index in [9.17, 15) is 14.7 Å². The van der Waals surface area contributed by atoms with Crippen LogP contribution in [-0.4, -0.2) is 39.1 Å². The number of aliphatic hydroxyl groups excluding tert-OH is 1. The normalized spacial score (nSPS) is 11.8. The van der Waals surface area contributed by atoms with Gasteiger partial charge in [0.05, 0.1) is 24.1 Å². The summed E-state index contributed by atoms with van der Waals surface area (Å²) in [6, 6.07) is 23.5. The van der Waals surface area contributed by atoms with Crippen LogP contribution in [0.3, 0.4) is 0 Å².